The van der Waals surface area contributed by atoms with Gasteiger partial charge in [0, 0.05) is 12.1 Å². The van der Waals surface area contributed by atoms with Crippen molar-refractivity contribution in [2.24, 2.45) is 0 Å². The van der Waals surface area contributed by atoms with Gasteiger partial charge in [-0.15, -0.1) is 0 Å². The van der Waals surface area contributed by atoms with Crippen molar-refractivity contribution in [2.75, 3.05) is 0 Å². The summed E-state index contributed by atoms with van der Waals surface area (Å²) in [6.07, 6.45) is 3.13. The van der Waals surface area contributed by atoms with Crippen LogP contribution in [0.3, 0.4) is 0 Å². The number of imidazole rings is 1. The van der Waals surface area contributed by atoms with Crippen LogP contribution in [0.4, 0.5) is 0 Å². The van der Waals surface area contributed by atoms with Crippen molar-refractivity contribution in [3.8, 4) is 5.75 Å². The van der Waals surface area contributed by atoms with Crippen LogP contribution in [0.25, 0.3) is 0 Å². The van der Waals surface area contributed by atoms with Crippen LogP contribution in [-0.4, -0.2) is 15.7 Å². The Morgan fingerprint density at radius 2 is 2.17 bits per heavy atom. The van der Waals surface area contributed by atoms with E-state index in [0.717, 1.165) is 24.4 Å². The Morgan fingerprint density at radius 1 is 1.33 bits per heavy atom. The minimum absolute atomic E-state index is 0.231. The van der Waals surface area contributed by atoms with E-state index in [2.05, 4.69) is 41.6 Å². The number of fused-ring (bicyclic) bond motifs is 1. The van der Waals surface area contributed by atoms with Crippen LogP contribution < -0.4 is 4.74 Å². The maximum Gasteiger partial charge on any atom is 0.123 e. The zero-order chi connectivity index (χ0) is 12.7. The fourth-order valence-corrected chi connectivity index (χ4v) is 2.50. The zero-order valence-electron chi connectivity index (χ0n) is 11.1. The molecule has 1 aliphatic rings. The Morgan fingerprint density at radius 3 is 2.89 bits per heavy atom. The number of aromatic nitrogens is 2. The van der Waals surface area contributed by atoms with Crippen LogP contribution >= 0.6 is 0 Å². The number of hydrogen-bond donors (Lipinski definition) is 0. The molecule has 94 valence electrons. The summed E-state index contributed by atoms with van der Waals surface area (Å²) in [5.74, 6) is 1.04. The lowest BCUT2D eigenvalue weighted by molar-refractivity contribution is 0.208. The maximum absolute atomic E-state index is 5.98. The molecule has 0 aliphatic carbocycles. The molecule has 3 nitrogen and oxygen atoms in total. The molecule has 0 spiro atoms. The van der Waals surface area contributed by atoms with Crippen molar-refractivity contribution in [3.05, 3.63) is 47.0 Å². The summed E-state index contributed by atoms with van der Waals surface area (Å²) in [5, 5.41) is 0. The van der Waals surface area contributed by atoms with E-state index in [0.29, 0.717) is 0 Å². The van der Waals surface area contributed by atoms with Crippen LogP contribution in [0.1, 0.15) is 22.5 Å². The SMILES string of the molecule is Cc1ccc2c(c1)CC(Cn1cnc(C)c1C)O2. The monoisotopic (exact) mass is 242 g/mol. The van der Waals surface area contributed by atoms with Gasteiger partial charge in [-0.25, -0.2) is 4.98 Å². The van der Waals surface area contributed by atoms with Crippen LogP contribution in [0.2, 0.25) is 0 Å². The molecule has 0 saturated heterocycles. The summed E-state index contributed by atoms with van der Waals surface area (Å²) in [7, 11) is 0. The van der Waals surface area contributed by atoms with Crippen molar-refractivity contribution in [2.45, 2.75) is 39.8 Å². The summed E-state index contributed by atoms with van der Waals surface area (Å²) in [6, 6.07) is 6.41. The number of aryl methyl sites for hydroxylation is 2. The van der Waals surface area contributed by atoms with E-state index in [1.54, 1.807) is 0 Å². The Labute approximate surface area is 107 Å². The molecule has 0 bridgehead atoms. The molecule has 0 fully saturated rings. The molecule has 0 N–H and O–H groups in total. The molecule has 18 heavy (non-hydrogen) atoms. The average molecular weight is 242 g/mol. The third kappa shape index (κ3) is 1.90. The second-order valence-corrected chi connectivity index (χ2v) is 5.12. The number of ether oxygens (including phenoxy) is 1. The zero-order valence-corrected chi connectivity index (χ0v) is 11.1. The lowest BCUT2D eigenvalue weighted by atomic mass is 10.1. The molecule has 3 heteroatoms. The fraction of sp³-hybridized carbons (Fsp3) is 0.400. The Balaban J connectivity index is 1.76. The van der Waals surface area contributed by atoms with E-state index in [1.165, 1.54) is 16.8 Å². The Kier molecular flexibility index (Phi) is 2.62. The first-order valence-corrected chi connectivity index (χ1v) is 6.38. The number of hydrogen-bond acceptors (Lipinski definition) is 2. The minimum atomic E-state index is 0.231. The number of rotatable bonds is 2. The summed E-state index contributed by atoms with van der Waals surface area (Å²) in [6.45, 7) is 7.14. The highest BCUT2D eigenvalue weighted by Crippen LogP contribution is 2.30. The molecule has 1 aliphatic heterocycles. The highest BCUT2D eigenvalue weighted by molar-refractivity contribution is 5.40. The molecule has 2 heterocycles. The van der Waals surface area contributed by atoms with Gasteiger partial charge in [0.2, 0.25) is 0 Å². The van der Waals surface area contributed by atoms with Crippen molar-refractivity contribution >= 4 is 0 Å². The second-order valence-electron chi connectivity index (χ2n) is 5.12. The molecule has 0 radical (unpaired) electrons. The van der Waals surface area contributed by atoms with Crippen LogP contribution in [0.15, 0.2) is 24.5 Å². The smallest absolute Gasteiger partial charge is 0.123 e. The summed E-state index contributed by atoms with van der Waals surface area (Å²) >= 11 is 0. The van der Waals surface area contributed by atoms with Crippen LogP contribution in [-0.2, 0) is 13.0 Å². The van der Waals surface area contributed by atoms with E-state index in [-0.39, 0.29) is 6.10 Å². The number of benzene rings is 1. The lowest BCUT2D eigenvalue weighted by Gasteiger charge is -2.12. The van der Waals surface area contributed by atoms with Crippen molar-refractivity contribution < 1.29 is 4.74 Å². The lowest BCUT2D eigenvalue weighted by Crippen LogP contribution is -2.21. The minimum Gasteiger partial charge on any atom is -0.488 e. The van der Waals surface area contributed by atoms with Crippen molar-refractivity contribution in [1.29, 1.82) is 0 Å². The van der Waals surface area contributed by atoms with Crippen LogP contribution in [0, 0.1) is 20.8 Å². The maximum atomic E-state index is 5.98. The molecule has 1 aromatic heterocycles. The normalized spacial score (nSPS) is 17.6. The van der Waals surface area contributed by atoms with Crippen molar-refractivity contribution in [3.63, 3.8) is 0 Å². The predicted octanol–water partition coefficient (Wildman–Crippen LogP) is 2.81. The fourth-order valence-electron chi connectivity index (χ4n) is 2.50. The first kappa shape index (κ1) is 11.3. The average Bonchev–Trinajstić information content (AvgIpc) is 2.86. The van der Waals surface area contributed by atoms with E-state index in [4.69, 9.17) is 4.74 Å². The van der Waals surface area contributed by atoms with Crippen molar-refractivity contribution in [1.82, 2.24) is 9.55 Å². The summed E-state index contributed by atoms with van der Waals surface area (Å²) < 4.78 is 8.16. The van der Waals surface area contributed by atoms with Gasteiger partial charge in [0.1, 0.15) is 11.9 Å². The molecular formula is C15H18N2O. The highest BCUT2D eigenvalue weighted by Gasteiger charge is 2.23. The standard InChI is InChI=1S/C15H18N2O/c1-10-4-5-15-13(6-10)7-14(18-15)8-17-9-16-11(2)12(17)3/h4-6,9,14H,7-8H2,1-3H3. The predicted molar refractivity (Wildman–Crippen MR) is 71.0 cm³/mol. The third-order valence-electron chi connectivity index (χ3n) is 3.70. The summed E-state index contributed by atoms with van der Waals surface area (Å²) in [4.78, 5) is 4.33. The van der Waals surface area contributed by atoms with Gasteiger partial charge in [0.05, 0.1) is 18.6 Å². The molecule has 2 aromatic rings. The number of nitrogens with zero attached hydrogens (tertiary/aromatic N) is 2. The first-order chi connectivity index (χ1) is 8.63. The largest absolute Gasteiger partial charge is 0.488 e. The van der Waals surface area contributed by atoms with Gasteiger partial charge in [-0.1, -0.05) is 17.7 Å². The first-order valence-electron chi connectivity index (χ1n) is 6.38. The van der Waals surface area contributed by atoms with Gasteiger partial charge in [-0.3, -0.25) is 0 Å². The highest BCUT2D eigenvalue weighted by atomic mass is 16.5. The molecule has 1 aromatic carbocycles. The molecule has 1 atom stereocenters. The topological polar surface area (TPSA) is 27.1 Å². The van der Waals surface area contributed by atoms with E-state index < -0.39 is 0 Å². The Bertz CT molecular complexity index is 586. The summed E-state index contributed by atoms with van der Waals surface area (Å²) in [5.41, 5.74) is 4.95. The van der Waals surface area contributed by atoms with Gasteiger partial charge in [-0.2, -0.15) is 0 Å². The van der Waals surface area contributed by atoms with Gasteiger partial charge in [0.25, 0.3) is 0 Å². The third-order valence-corrected chi connectivity index (χ3v) is 3.70. The van der Waals surface area contributed by atoms with E-state index in [9.17, 15) is 0 Å². The quantitative estimate of drug-likeness (QED) is 0.809. The van der Waals surface area contributed by atoms with Gasteiger partial charge in [-0.05, 0) is 32.4 Å². The van der Waals surface area contributed by atoms with E-state index in [1.807, 2.05) is 13.3 Å². The van der Waals surface area contributed by atoms with Gasteiger partial charge >= 0.3 is 0 Å². The molecule has 0 amide bonds. The molecule has 1 unspecified atom stereocenters. The molecule has 3 rings (SSSR count). The van der Waals surface area contributed by atoms with Crippen LogP contribution in [0.5, 0.6) is 5.75 Å². The molecular weight excluding hydrogens is 224 g/mol. The van der Waals surface area contributed by atoms with E-state index >= 15 is 0 Å². The van der Waals surface area contributed by atoms with Gasteiger partial charge in [0.15, 0.2) is 0 Å². The molecule has 0 saturated carbocycles. The van der Waals surface area contributed by atoms with Gasteiger partial charge < -0.3 is 9.30 Å². The Hall–Kier alpha value is -1.77. The second kappa shape index (κ2) is 4.16.